The molecule has 6 nitrogen and oxygen atoms in total. The first kappa shape index (κ1) is 16.3. The van der Waals surface area contributed by atoms with Crippen LogP contribution in [0.4, 0.5) is 10.5 Å². The molecular formula is C13H19N3O3S. The quantitative estimate of drug-likeness (QED) is 0.715. The highest BCUT2D eigenvalue weighted by atomic mass is 32.2. The normalized spacial score (nSPS) is 11.7. The number of rotatable bonds is 7. The zero-order valence-electron chi connectivity index (χ0n) is 11.5. The van der Waals surface area contributed by atoms with Gasteiger partial charge in [0.25, 0.3) is 0 Å². The van der Waals surface area contributed by atoms with E-state index in [9.17, 15) is 9.59 Å². The third-order valence-electron chi connectivity index (χ3n) is 2.55. The summed E-state index contributed by atoms with van der Waals surface area (Å²) in [4.78, 5) is 26.2. The third-order valence-corrected chi connectivity index (χ3v) is 3.19. The average molecular weight is 297 g/mol. The Hall–Kier alpha value is -1.76. The summed E-state index contributed by atoms with van der Waals surface area (Å²) >= 11 is 1.74. The molecule has 0 fully saturated rings. The van der Waals surface area contributed by atoms with Crippen molar-refractivity contribution in [2.45, 2.75) is 25.8 Å². The average Bonchev–Trinajstić information content (AvgIpc) is 2.38. The van der Waals surface area contributed by atoms with E-state index in [0.29, 0.717) is 11.4 Å². The van der Waals surface area contributed by atoms with Crippen LogP contribution in [-0.2, 0) is 11.2 Å². The fourth-order valence-corrected chi connectivity index (χ4v) is 2.10. The van der Waals surface area contributed by atoms with Crippen molar-refractivity contribution in [3.05, 3.63) is 24.0 Å². The van der Waals surface area contributed by atoms with E-state index in [4.69, 9.17) is 5.11 Å². The molecule has 3 N–H and O–H groups in total. The Bertz CT molecular complexity index is 451. The van der Waals surface area contributed by atoms with Gasteiger partial charge in [0, 0.05) is 6.04 Å². The molecular weight excluding hydrogens is 278 g/mol. The van der Waals surface area contributed by atoms with Gasteiger partial charge in [-0.15, -0.1) is 0 Å². The SMILES string of the molecule is CSCCC(C)NC(=O)Nc1ccc(CC(=O)O)nc1. The minimum Gasteiger partial charge on any atom is -0.481 e. The van der Waals surface area contributed by atoms with Crippen molar-refractivity contribution in [1.29, 1.82) is 0 Å². The van der Waals surface area contributed by atoms with Crippen molar-refractivity contribution in [3.8, 4) is 0 Å². The number of thioether (sulfide) groups is 1. The van der Waals surface area contributed by atoms with Gasteiger partial charge in [0.2, 0.25) is 0 Å². The summed E-state index contributed by atoms with van der Waals surface area (Å²) in [6.07, 6.45) is 4.25. The molecule has 0 radical (unpaired) electrons. The number of aliphatic carboxylic acids is 1. The number of carboxylic acids is 1. The van der Waals surface area contributed by atoms with E-state index >= 15 is 0 Å². The fourth-order valence-electron chi connectivity index (χ4n) is 1.52. The molecule has 1 rings (SSSR count). The van der Waals surface area contributed by atoms with Crippen LogP contribution in [0.25, 0.3) is 0 Å². The molecule has 7 heteroatoms. The van der Waals surface area contributed by atoms with Crippen LogP contribution < -0.4 is 10.6 Å². The van der Waals surface area contributed by atoms with Crippen LogP contribution in [0.1, 0.15) is 19.0 Å². The van der Waals surface area contributed by atoms with Crippen LogP contribution in [-0.4, -0.2) is 40.1 Å². The van der Waals surface area contributed by atoms with Crippen LogP contribution in [0.3, 0.4) is 0 Å². The number of urea groups is 1. The number of aromatic nitrogens is 1. The lowest BCUT2D eigenvalue weighted by atomic mass is 10.2. The van der Waals surface area contributed by atoms with E-state index < -0.39 is 5.97 Å². The second-order valence-corrected chi connectivity index (χ2v) is 5.38. The van der Waals surface area contributed by atoms with Crippen molar-refractivity contribution in [1.82, 2.24) is 10.3 Å². The van der Waals surface area contributed by atoms with Crippen molar-refractivity contribution >= 4 is 29.4 Å². The fraction of sp³-hybridized carbons (Fsp3) is 0.462. The smallest absolute Gasteiger partial charge is 0.319 e. The zero-order valence-corrected chi connectivity index (χ0v) is 12.4. The van der Waals surface area contributed by atoms with Crippen LogP contribution in [0, 0.1) is 0 Å². The van der Waals surface area contributed by atoms with Crippen LogP contribution in [0.5, 0.6) is 0 Å². The standard InChI is InChI=1S/C13H19N3O3S/c1-9(5-6-20-2)15-13(19)16-11-4-3-10(14-8-11)7-12(17)18/h3-4,8-9H,5-7H2,1-2H3,(H,17,18)(H2,15,16,19). The van der Waals surface area contributed by atoms with E-state index in [1.807, 2.05) is 13.2 Å². The minimum atomic E-state index is -0.932. The summed E-state index contributed by atoms with van der Waals surface area (Å²) in [5.74, 6) is 0.0611. The predicted octanol–water partition coefficient (Wildman–Crippen LogP) is 1.97. The highest BCUT2D eigenvalue weighted by Gasteiger charge is 2.07. The molecule has 1 atom stereocenters. The lowest BCUT2D eigenvalue weighted by molar-refractivity contribution is -0.136. The molecule has 20 heavy (non-hydrogen) atoms. The molecule has 0 bridgehead atoms. The lowest BCUT2D eigenvalue weighted by Gasteiger charge is -2.14. The number of pyridine rings is 1. The molecule has 1 aromatic heterocycles. The Balaban J connectivity index is 2.43. The second-order valence-electron chi connectivity index (χ2n) is 4.39. The highest BCUT2D eigenvalue weighted by Crippen LogP contribution is 2.07. The van der Waals surface area contributed by atoms with Gasteiger partial charge in [-0.05, 0) is 37.5 Å². The van der Waals surface area contributed by atoms with E-state index in [2.05, 4.69) is 15.6 Å². The van der Waals surface area contributed by atoms with Gasteiger partial charge < -0.3 is 15.7 Å². The number of hydrogen-bond donors (Lipinski definition) is 3. The van der Waals surface area contributed by atoms with Gasteiger partial charge in [-0.25, -0.2) is 4.79 Å². The van der Waals surface area contributed by atoms with Crippen LogP contribution >= 0.6 is 11.8 Å². The monoisotopic (exact) mass is 297 g/mol. The number of carbonyl (C=O) groups excluding carboxylic acids is 1. The molecule has 0 aliphatic carbocycles. The Morgan fingerprint density at radius 2 is 2.20 bits per heavy atom. The van der Waals surface area contributed by atoms with Gasteiger partial charge in [0.05, 0.1) is 24.0 Å². The van der Waals surface area contributed by atoms with Gasteiger partial charge in [-0.2, -0.15) is 11.8 Å². The first-order valence-electron chi connectivity index (χ1n) is 6.24. The minimum absolute atomic E-state index is 0.0988. The third kappa shape index (κ3) is 6.42. The number of amides is 2. The molecule has 0 spiro atoms. The topological polar surface area (TPSA) is 91.3 Å². The summed E-state index contributed by atoms with van der Waals surface area (Å²) < 4.78 is 0. The van der Waals surface area contributed by atoms with E-state index in [-0.39, 0.29) is 18.5 Å². The Morgan fingerprint density at radius 3 is 2.75 bits per heavy atom. The zero-order chi connectivity index (χ0) is 15.0. The molecule has 1 unspecified atom stereocenters. The number of anilines is 1. The van der Waals surface area contributed by atoms with Gasteiger partial charge in [0.1, 0.15) is 0 Å². The van der Waals surface area contributed by atoms with Crippen molar-refractivity contribution in [2.24, 2.45) is 0 Å². The summed E-state index contributed by atoms with van der Waals surface area (Å²) in [6.45, 7) is 1.95. The van der Waals surface area contributed by atoms with Gasteiger partial charge in [0.15, 0.2) is 0 Å². The lowest BCUT2D eigenvalue weighted by Crippen LogP contribution is -2.36. The van der Waals surface area contributed by atoms with Gasteiger partial charge in [-0.1, -0.05) is 0 Å². The number of carboxylic acid groups (broad SMARTS) is 1. The maximum absolute atomic E-state index is 11.7. The largest absolute Gasteiger partial charge is 0.481 e. The van der Waals surface area contributed by atoms with Crippen molar-refractivity contribution in [3.63, 3.8) is 0 Å². The Labute approximate surface area is 122 Å². The van der Waals surface area contributed by atoms with E-state index in [0.717, 1.165) is 12.2 Å². The number of hydrogen-bond acceptors (Lipinski definition) is 4. The number of nitrogens with zero attached hydrogens (tertiary/aromatic N) is 1. The molecule has 0 saturated heterocycles. The Kier molecular flexibility index (Phi) is 6.86. The molecule has 0 saturated carbocycles. The maximum atomic E-state index is 11.7. The molecule has 110 valence electrons. The summed E-state index contributed by atoms with van der Waals surface area (Å²) in [5.41, 5.74) is 0.991. The molecule has 0 aliphatic heterocycles. The van der Waals surface area contributed by atoms with Crippen LogP contribution in [0.15, 0.2) is 18.3 Å². The van der Waals surface area contributed by atoms with Crippen LogP contribution in [0.2, 0.25) is 0 Å². The second kappa shape index (κ2) is 8.42. The number of nitrogens with one attached hydrogen (secondary N) is 2. The highest BCUT2D eigenvalue weighted by molar-refractivity contribution is 7.98. The Morgan fingerprint density at radius 1 is 1.45 bits per heavy atom. The summed E-state index contributed by atoms with van der Waals surface area (Å²) in [7, 11) is 0. The summed E-state index contributed by atoms with van der Waals surface area (Å²) in [5, 5.41) is 14.1. The van der Waals surface area contributed by atoms with Crippen molar-refractivity contribution in [2.75, 3.05) is 17.3 Å². The first-order valence-corrected chi connectivity index (χ1v) is 7.64. The maximum Gasteiger partial charge on any atom is 0.319 e. The first-order chi connectivity index (χ1) is 9.51. The molecule has 0 aliphatic rings. The van der Waals surface area contributed by atoms with E-state index in [1.54, 1.807) is 23.9 Å². The molecule has 0 aromatic carbocycles. The summed E-state index contributed by atoms with van der Waals surface area (Å²) in [6, 6.07) is 3.03. The van der Waals surface area contributed by atoms with E-state index in [1.165, 1.54) is 6.20 Å². The molecule has 2 amide bonds. The number of carbonyl (C=O) groups is 2. The molecule has 1 aromatic rings. The van der Waals surface area contributed by atoms with Gasteiger partial charge >= 0.3 is 12.0 Å². The van der Waals surface area contributed by atoms with Gasteiger partial charge in [-0.3, -0.25) is 9.78 Å². The molecule has 1 heterocycles. The van der Waals surface area contributed by atoms with Crippen molar-refractivity contribution < 1.29 is 14.7 Å². The predicted molar refractivity (Wildman–Crippen MR) is 80.2 cm³/mol.